The van der Waals surface area contributed by atoms with Gasteiger partial charge < -0.3 is 18.8 Å². The van der Waals surface area contributed by atoms with Crippen LogP contribution in [-0.2, 0) is 13.6 Å². The standard InChI is InChI=1S/C18H46N2O3Si4/c1-24(2,3)19-14-13-16(22-26(7,8)9)15-17(20-25(4,5)6)18(21)23-27(10,11)12/h16-17,19-20H,13-15H2,1-12H3. The lowest BCUT2D eigenvalue weighted by Crippen LogP contribution is -2.55. The number of rotatable bonds is 12. The van der Waals surface area contributed by atoms with E-state index in [0.717, 1.165) is 13.0 Å². The van der Waals surface area contributed by atoms with Crippen LogP contribution in [0, 0.1) is 0 Å². The Morgan fingerprint density at radius 3 is 1.70 bits per heavy atom. The second kappa shape index (κ2) is 10.3. The second-order valence-electron chi connectivity index (χ2n) is 11.5. The van der Waals surface area contributed by atoms with Gasteiger partial charge in [0.1, 0.15) is 22.5 Å². The second-order valence-corrected chi connectivity index (χ2v) is 30.1. The lowest BCUT2D eigenvalue weighted by molar-refractivity contribution is -0.137. The highest BCUT2D eigenvalue weighted by Crippen LogP contribution is 2.18. The molecule has 2 N–H and O–H groups in total. The van der Waals surface area contributed by atoms with Crippen molar-refractivity contribution in [2.45, 2.75) is 104 Å². The Morgan fingerprint density at radius 1 is 0.815 bits per heavy atom. The third kappa shape index (κ3) is 16.8. The summed E-state index contributed by atoms with van der Waals surface area (Å²) in [6.45, 7) is 27.4. The fourth-order valence-electron chi connectivity index (χ4n) is 2.71. The van der Waals surface area contributed by atoms with Gasteiger partial charge in [0.2, 0.25) is 8.32 Å². The Hall–Kier alpha value is 0.218. The first-order valence-corrected chi connectivity index (χ1v) is 24.0. The summed E-state index contributed by atoms with van der Waals surface area (Å²) in [7, 11) is -6.56. The molecule has 0 fully saturated rings. The third-order valence-corrected chi connectivity index (χ3v) is 7.82. The minimum Gasteiger partial charge on any atom is -0.519 e. The van der Waals surface area contributed by atoms with E-state index in [9.17, 15) is 4.79 Å². The topological polar surface area (TPSA) is 59.6 Å². The summed E-state index contributed by atoms with van der Waals surface area (Å²) in [5, 5.41) is 0. The normalized spacial score (nSPS) is 16.1. The van der Waals surface area contributed by atoms with Crippen LogP contribution >= 0.6 is 0 Å². The predicted octanol–water partition coefficient (Wildman–Crippen LogP) is 4.58. The van der Waals surface area contributed by atoms with Gasteiger partial charge in [-0.2, -0.15) is 0 Å². The molecule has 5 nitrogen and oxygen atoms in total. The van der Waals surface area contributed by atoms with Crippen molar-refractivity contribution < 1.29 is 13.6 Å². The first-order valence-electron chi connectivity index (χ1n) is 10.2. The first-order chi connectivity index (χ1) is 11.8. The zero-order chi connectivity index (χ0) is 21.7. The van der Waals surface area contributed by atoms with Crippen LogP contribution in [0.5, 0.6) is 0 Å². The minimum absolute atomic E-state index is 0.0727. The first kappa shape index (κ1) is 27.2. The summed E-state index contributed by atoms with van der Waals surface area (Å²) in [5.74, 6) is -0.0982. The summed E-state index contributed by atoms with van der Waals surface area (Å²) in [5.41, 5.74) is 0. The molecule has 0 rings (SSSR count). The van der Waals surface area contributed by atoms with Gasteiger partial charge in [0.15, 0.2) is 8.32 Å². The molecule has 2 atom stereocenters. The van der Waals surface area contributed by atoms with Crippen molar-refractivity contribution in [3.63, 3.8) is 0 Å². The summed E-state index contributed by atoms with van der Waals surface area (Å²) >= 11 is 0. The zero-order valence-electron chi connectivity index (χ0n) is 20.0. The summed E-state index contributed by atoms with van der Waals surface area (Å²) in [6.07, 6.45) is 1.69. The van der Waals surface area contributed by atoms with Gasteiger partial charge in [-0.3, -0.25) is 4.79 Å². The lowest BCUT2D eigenvalue weighted by atomic mass is 10.1. The van der Waals surface area contributed by atoms with Gasteiger partial charge >= 0.3 is 5.97 Å². The molecule has 0 saturated carbocycles. The van der Waals surface area contributed by atoms with Crippen molar-refractivity contribution in [3.8, 4) is 0 Å². The zero-order valence-corrected chi connectivity index (χ0v) is 24.0. The van der Waals surface area contributed by atoms with Crippen LogP contribution in [0.3, 0.4) is 0 Å². The van der Waals surface area contributed by atoms with Gasteiger partial charge in [-0.05, 0) is 58.7 Å². The van der Waals surface area contributed by atoms with Crippen molar-refractivity contribution >= 4 is 39.1 Å². The quantitative estimate of drug-likeness (QED) is 0.426. The molecule has 0 saturated heterocycles. The molecular formula is C18H46N2O3Si4. The molecule has 2 unspecified atom stereocenters. The van der Waals surface area contributed by atoms with Crippen LogP contribution in [0.25, 0.3) is 0 Å². The largest absolute Gasteiger partial charge is 0.519 e. The number of hydrogen-bond donors (Lipinski definition) is 2. The fourth-order valence-corrected chi connectivity index (χ4v) is 6.84. The smallest absolute Gasteiger partial charge is 0.309 e. The third-order valence-electron chi connectivity index (χ3n) is 3.44. The molecule has 27 heavy (non-hydrogen) atoms. The van der Waals surface area contributed by atoms with E-state index in [4.69, 9.17) is 8.85 Å². The molecule has 0 aromatic carbocycles. The minimum atomic E-state index is -1.92. The van der Waals surface area contributed by atoms with Gasteiger partial charge in [-0.1, -0.05) is 39.3 Å². The highest BCUT2D eigenvalue weighted by atomic mass is 28.4. The van der Waals surface area contributed by atoms with Crippen LogP contribution in [0.4, 0.5) is 0 Å². The summed E-state index contributed by atoms with van der Waals surface area (Å²) in [4.78, 5) is 20.2. The number of carbonyl (C=O) groups excluding carboxylic acids is 1. The van der Waals surface area contributed by atoms with Crippen LogP contribution in [0.2, 0.25) is 78.6 Å². The molecule has 0 heterocycles. The Balaban J connectivity index is 5.27. The van der Waals surface area contributed by atoms with E-state index in [1.165, 1.54) is 0 Å². The van der Waals surface area contributed by atoms with Crippen LogP contribution in [0.15, 0.2) is 0 Å². The molecule has 0 amide bonds. The van der Waals surface area contributed by atoms with Crippen molar-refractivity contribution in [2.24, 2.45) is 0 Å². The maximum Gasteiger partial charge on any atom is 0.309 e. The van der Waals surface area contributed by atoms with Crippen LogP contribution in [-0.4, -0.2) is 57.8 Å². The highest BCUT2D eigenvalue weighted by Gasteiger charge is 2.33. The number of carbonyl (C=O) groups is 1. The van der Waals surface area contributed by atoms with Gasteiger partial charge in [0, 0.05) is 6.10 Å². The van der Waals surface area contributed by atoms with E-state index in [0.29, 0.717) is 6.42 Å². The van der Waals surface area contributed by atoms with Crippen molar-refractivity contribution in [2.75, 3.05) is 6.54 Å². The molecule has 162 valence electrons. The van der Waals surface area contributed by atoms with Gasteiger partial charge in [-0.25, -0.2) is 0 Å². The Labute approximate surface area is 172 Å². The molecule has 0 radical (unpaired) electrons. The number of nitrogens with one attached hydrogen (secondary N) is 2. The monoisotopic (exact) mass is 450 g/mol. The Kier molecular flexibility index (Phi) is 10.4. The maximum absolute atomic E-state index is 12.9. The van der Waals surface area contributed by atoms with Gasteiger partial charge in [0.25, 0.3) is 0 Å². The SMILES string of the molecule is C[Si](C)(C)NCCC(CC(N[Si](C)(C)C)C(=O)O[Si](C)(C)C)O[Si](C)(C)C. The molecule has 0 bridgehead atoms. The van der Waals surface area contributed by atoms with Crippen LogP contribution < -0.4 is 9.96 Å². The Bertz CT molecular complexity index is 463. The van der Waals surface area contributed by atoms with Gasteiger partial charge in [0.05, 0.1) is 0 Å². The van der Waals surface area contributed by atoms with Crippen molar-refractivity contribution in [1.29, 1.82) is 0 Å². The molecule has 0 aliphatic carbocycles. The molecule has 0 aliphatic rings. The van der Waals surface area contributed by atoms with E-state index >= 15 is 0 Å². The van der Waals surface area contributed by atoms with E-state index < -0.39 is 33.1 Å². The summed E-state index contributed by atoms with van der Waals surface area (Å²) in [6, 6.07) is -0.281. The van der Waals surface area contributed by atoms with E-state index in [2.05, 4.69) is 88.5 Å². The molecule has 0 aromatic heterocycles. The molecular weight excluding hydrogens is 405 g/mol. The van der Waals surface area contributed by atoms with Crippen molar-refractivity contribution in [3.05, 3.63) is 0 Å². The van der Waals surface area contributed by atoms with E-state index in [1.807, 2.05) is 0 Å². The predicted molar refractivity (Wildman–Crippen MR) is 129 cm³/mol. The van der Waals surface area contributed by atoms with E-state index in [1.54, 1.807) is 0 Å². The lowest BCUT2D eigenvalue weighted by Gasteiger charge is -2.33. The van der Waals surface area contributed by atoms with Crippen molar-refractivity contribution in [1.82, 2.24) is 9.96 Å². The van der Waals surface area contributed by atoms with Gasteiger partial charge in [-0.15, -0.1) is 0 Å². The summed E-state index contributed by atoms with van der Waals surface area (Å²) < 4.78 is 12.3. The number of hydrogen-bond acceptors (Lipinski definition) is 5. The molecule has 0 spiro atoms. The molecule has 9 heteroatoms. The van der Waals surface area contributed by atoms with Crippen LogP contribution in [0.1, 0.15) is 12.8 Å². The fraction of sp³-hybridized carbons (Fsp3) is 0.944. The Morgan fingerprint density at radius 2 is 1.33 bits per heavy atom. The molecule has 0 aromatic rings. The average Bonchev–Trinajstić information content (AvgIpc) is 2.30. The molecule has 0 aliphatic heterocycles. The highest BCUT2D eigenvalue weighted by molar-refractivity contribution is 6.74. The maximum atomic E-state index is 12.9. The van der Waals surface area contributed by atoms with E-state index in [-0.39, 0.29) is 18.1 Å². The average molecular weight is 451 g/mol.